The minimum absolute atomic E-state index is 0. The molecule has 146 valence electrons. The van der Waals surface area contributed by atoms with Gasteiger partial charge in [0.25, 0.3) is 0 Å². The van der Waals surface area contributed by atoms with Crippen molar-refractivity contribution in [3.63, 3.8) is 0 Å². The summed E-state index contributed by atoms with van der Waals surface area (Å²) in [5, 5.41) is 3.62. The zero-order valence-electron chi connectivity index (χ0n) is 16.3. The molecule has 2 fully saturated rings. The molecule has 1 unspecified atom stereocenters. The molecular weight excluding hydrogens is 439 g/mol. The molecule has 1 N–H and O–H groups in total. The van der Waals surface area contributed by atoms with Gasteiger partial charge in [-0.25, -0.2) is 0 Å². The van der Waals surface area contributed by atoms with E-state index in [9.17, 15) is 0 Å². The van der Waals surface area contributed by atoms with Gasteiger partial charge in [-0.05, 0) is 63.0 Å². The second-order valence-electron chi connectivity index (χ2n) is 7.38. The summed E-state index contributed by atoms with van der Waals surface area (Å²) in [5.41, 5.74) is 1.40. The Labute approximate surface area is 175 Å². The Hall–Kier alpha value is -1.02. The van der Waals surface area contributed by atoms with Crippen molar-refractivity contribution in [3.05, 3.63) is 29.8 Å². The highest BCUT2D eigenvalue weighted by Gasteiger charge is 2.26. The normalized spacial score (nSPS) is 22.2. The van der Waals surface area contributed by atoms with Crippen molar-refractivity contribution in [2.45, 2.75) is 25.2 Å². The van der Waals surface area contributed by atoms with E-state index in [1.54, 1.807) is 7.11 Å². The number of guanidine groups is 1. The van der Waals surface area contributed by atoms with Crippen molar-refractivity contribution in [1.29, 1.82) is 0 Å². The van der Waals surface area contributed by atoms with Crippen molar-refractivity contribution < 1.29 is 4.74 Å². The van der Waals surface area contributed by atoms with Crippen LogP contribution in [-0.2, 0) is 0 Å². The van der Waals surface area contributed by atoms with Crippen LogP contribution in [0.15, 0.2) is 29.3 Å². The first-order valence-electron chi connectivity index (χ1n) is 9.47. The van der Waals surface area contributed by atoms with Crippen molar-refractivity contribution in [2.24, 2.45) is 10.9 Å². The summed E-state index contributed by atoms with van der Waals surface area (Å²) in [4.78, 5) is 9.35. The molecule has 2 saturated heterocycles. The third-order valence-corrected chi connectivity index (χ3v) is 5.67. The Bertz CT molecular complexity index is 570. The SMILES string of the molecule is CN=C(NCC1CCN(C)CC1)N1CCC(c2ccc(OC)cc2)C1.I. The number of likely N-dealkylation sites (tertiary alicyclic amines) is 2. The van der Waals surface area contributed by atoms with E-state index in [0.29, 0.717) is 5.92 Å². The van der Waals surface area contributed by atoms with E-state index in [4.69, 9.17) is 4.74 Å². The zero-order chi connectivity index (χ0) is 17.6. The standard InChI is InChI=1S/C20H32N4O.HI/c1-21-20(22-14-16-8-11-23(2)12-9-16)24-13-10-18(15-24)17-4-6-19(25-3)7-5-17;/h4-7,16,18H,8-15H2,1-3H3,(H,21,22);1H. The fraction of sp³-hybridized carbons (Fsp3) is 0.650. The van der Waals surface area contributed by atoms with Gasteiger partial charge < -0.3 is 19.9 Å². The van der Waals surface area contributed by atoms with E-state index >= 15 is 0 Å². The monoisotopic (exact) mass is 472 g/mol. The molecule has 0 saturated carbocycles. The third kappa shape index (κ3) is 5.49. The van der Waals surface area contributed by atoms with Crippen molar-refractivity contribution >= 4 is 29.9 Å². The molecule has 2 aliphatic rings. The summed E-state index contributed by atoms with van der Waals surface area (Å²) < 4.78 is 5.26. The molecule has 0 spiro atoms. The van der Waals surface area contributed by atoms with Gasteiger partial charge in [0.1, 0.15) is 5.75 Å². The molecule has 5 nitrogen and oxygen atoms in total. The van der Waals surface area contributed by atoms with Crippen molar-refractivity contribution in [3.8, 4) is 5.75 Å². The van der Waals surface area contributed by atoms with Gasteiger partial charge in [-0.3, -0.25) is 4.99 Å². The fourth-order valence-corrected chi connectivity index (χ4v) is 3.93. The minimum Gasteiger partial charge on any atom is -0.497 e. The largest absolute Gasteiger partial charge is 0.497 e. The van der Waals surface area contributed by atoms with E-state index in [0.717, 1.165) is 37.3 Å². The van der Waals surface area contributed by atoms with Gasteiger partial charge in [0.05, 0.1) is 7.11 Å². The lowest BCUT2D eigenvalue weighted by Gasteiger charge is -2.30. The smallest absolute Gasteiger partial charge is 0.193 e. The van der Waals surface area contributed by atoms with Gasteiger partial charge in [0, 0.05) is 32.6 Å². The molecular formula is C20H33IN4O. The predicted octanol–water partition coefficient (Wildman–Crippen LogP) is 3.02. The maximum atomic E-state index is 5.26. The van der Waals surface area contributed by atoms with Gasteiger partial charge >= 0.3 is 0 Å². The highest BCUT2D eigenvalue weighted by atomic mass is 127. The summed E-state index contributed by atoms with van der Waals surface area (Å²) >= 11 is 0. The average molecular weight is 472 g/mol. The van der Waals surface area contributed by atoms with E-state index in [1.165, 1.54) is 37.9 Å². The fourth-order valence-electron chi connectivity index (χ4n) is 3.93. The topological polar surface area (TPSA) is 40.1 Å². The molecule has 2 heterocycles. The van der Waals surface area contributed by atoms with Crippen LogP contribution in [0.5, 0.6) is 5.75 Å². The number of piperidine rings is 1. The molecule has 2 aliphatic heterocycles. The number of hydrogen-bond acceptors (Lipinski definition) is 3. The molecule has 0 amide bonds. The average Bonchev–Trinajstić information content (AvgIpc) is 3.14. The maximum Gasteiger partial charge on any atom is 0.193 e. The number of methoxy groups -OCH3 is 1. The molecule has 1 aromatic carbocycles. The summed E-state index contributed by atoms with van der Waals surface area (Å²) in [7, 11) is 5.83. The van der Waals surface area contributed by atoms with Crippen LogP contribution in [0, 0.1) is 5.92 Å². The van der Waals surface area contributed by atoms with Crippen LogP contribution in [0.3, 0.4) is 0 Å². The number of ether oxygens (including phenoxy) is 1. The van der Waals surface area contributed by atoms with Crippen LogP contribution in [0.25, 0.3) is 0 Å². The molecule has 3 rings (SSSR count). The van der Waals surface area contributed by atoms with Crippen LogP contribution in [0.1, 0.15) is 30.7 Å². The molecule has 6 heteroatoms. The highest BCUT2D eigenvalue weighted by molar-refractivity contribution is 14.0. The lowest BCUT2D eigenvalue weighted by Crippen LogP contribution is -2.43. The van der Waals surface area contributed by atoms with E-state index in [2.05, 4.69) is 51.4 Å². The van der Waals surface area contributed by atoms with Gasteiger partial charge in [0.2, 0.25) is 0 Å². The van der Waals surface area contributed by atoms with E-state index in [-0.39, 0.29) is 24.0 Å². The molecule has 0 bridgehead atoms. The quantitative estimate of drug-likeness (QED) is 0.416. The lowest BCUT2D eigenvalue weighted by molar-refractivity contribution is 0.219. The summed E-state index contributed by atoms with van der Waals surface area (Å²) in [5.74, 6) is 3.34. The molecule has 0 radical (unpaired) electrons. The Morgan fingerprint density at radius 1 is 1.15 bits per heavy atom. The first kappa shape index (κ1) is 21.3. The summed E-state index contributed by atoms with van der Waals surface area (Å²) in [6, 6.07) is 8.51. The van der Waals surface area contributed by atoms with E-state index in [1.807, 2.05) is 7.05 Å². The number of benzene rings is 1. The molecule has 26 heavy (non-hydrogen) atoms. The number of nitrogens with zero attached hydrogens (tertiary/aromatic N) is 3. The third-order valence-electron chi connectivity index (χ3n) is 5.67. The number of aliphatic imine (C=N–C) groups is 1. The number of halogens is 1. The van der Waals surface area contributed by atoms with Crippen LogP contribution >= 0.6 is 24.0 Å². The number of rotatable bonds is 4. The molecule has 1 atom stereocenters. The number of nitrogens with one attached hydrogen (secondary N) is 1. The van der Waals surface area contributed by atoms with E-state index < -0.39 is 0 Å². The molecule has 0 aromatic heterocycles. The Morgan fingerprint density at radius 3 is 2.46 bits per heavy atom. The molecule has 1 aromatic rings. The first-order valence-corrected chi connectivity index (χ1v) is 9.47. The minimum atomic E-state index is 0. The first-order chi connectivity index (χ1) is 12.2. The van der Waals surface area contributed by atoms with Crippen molar-refractivity contribution in [1.82, 2.24) is 15.1 Å². The van der Waals surface area contributed by atoms with Crippen LogP contribution < -0.4 is 10.1 Å². The van der Waals surface area contributed by atoms with Gasteiger partial charge in [-0.15, -0.1) is 24.0 Å². The maximum absolute atomic E-state index is 5.26. The van der Waals surface area contributed by atoms with Gasteiger partial charge in [-0.2, -0.15) is 0 Å². The van der Waals surface area contributed by atoms with Crippen LogP contribution in [0.4, 0.5) is 0 Å². The van der Waals surface area contributed by atoms with Gasteiger partial charge in [-0.1, -0.05) is 12.1 Å². The highest BCUT2D eigenvalue weighted by Crippen LogP contribution is 2.28. The molecule has 0 aliphatic carbocycles. The van der Waals surface area contributed by atoms with Crippen LogP contribution in [0.2, 0.25) is 0 Å². The summed E-state index contributed by atoms with van der Waals surface area (Å²) in [6.07, 6.45) is 3.76. The Morgan fingerprint density at radius 2 is 1.85 bits per heavy atom. The van der Waals surface area contributed by atoms with Crippen molar-refractivity contribution in [2.75, 3.05) is 53.9 Å². The second kappa shape index (κ2) is 10.3. The predicted molar refractivity (Wildman–Crippen MR) is 119 cm³/mol. The Kier molecular flexibility index (Phi) is 8.47. The lowest BCUT2D eigenvalue weighted by atomic mass is 9.97. The van der Waals surface area contributed by atoms with Gasteiger partial charge in [0.15, 0.2) is 5.96 Å². The number of hydrogen-bond donors (Lipinski definition) is 1. The zero-order valence-corrected chi connectivity index (χ0v) is 18.6. The Balaban J connectivity index is 0.00000243. The second-order valence-corrected chi connectivity index (χ2v) is 7.38. The van der Waals surface area contributed by atoms with Crippen LogP contribution in [-0.4, -0.2) is 69.7 Å². The summed E-state index contributed by atoms with van der Waals surface area (Å²) in [6.45, 7) is 5.59.